The molecular weight excluding hydrogens is 391 g/mol. The number of hydrogen-bond acceptors (Lipinski definition) is 4. The highest BCUT2D eigenvalue weighted by atomic mass is 19.4. The van der Waals surface area contributed by atoms with E-state index in [2.05, 4.69) is 33.1 Å². The maximum Gasteiger partial charge on any atom is 0.416 e. The molecule has 3 aromatic rings. The second-order valence-electron chi connectivity index (χ2n) is 7.70. The summed E-state index contributed by atoms with van der Waals surface area (Å²) in [5.41, 5.74) is 4.24. The number of aryl methyl sites for hydroxylation is 2. The molecule has 3 heterocycles. The van der Waals surface area contributed by atoms with Crippen LogP contribution in [-0.4, -0.2) is 31.2 Å². The molecule has 5 nitrogen and oxygen atoms in total. The predicted molar refractivity (Wildman–Crippen MR) is 108 cm³/mol. The van der Waals surface area contributed by atoms with E-state index in [4.69, 9.17) is 0 Å². The lowest BCUT2D eigenvalue weighted by atomic mass is 10.1. The van der Waals surface area contributed by atoms with Crippen LogP contribution in [0.25, 0.3) is 11.4 Å². The molecule has 0 unspecified atom stereocenters. The van der Waals surface area contributed by atoms with Gasteiger partial charge in [-0.15, -0.1) is 0 Å². The molecule has 0 atom stereocenters. The minimum absolute atomic E-state index is 0.465. The summed E-state index contributed by atoms with van der Waals surface area (Å²) >= 11 is 0. The highest BCUT2D eigenvalue weighted by Crippen LogP contribution is 2.30. The highest BCUT2D eigenvalue weighted by molar-refractivity contribution is 5.56. The number of benzene rings is 1. The molecule has 1 aliphatic rings. The van der Waals surface area contributed by atoms with Crippen molar-refractivity contribution < 1.29 is 13.2 Å². The van der Waals surface area contributed by atoms with Crippen LogP contribution < -0.4 is 0 Å². The summed E-state index contributed by atoms with van der Waals surface area (Å²) in [7, 11) is 0. The minimum atomic E-state index is -4.34. The topological polar surface area (TPSA) is 46.8 Å². The van der Waals surface area contributed by atoms with Crippen LogP contribution in [0.4, 0.5) is 13.2 Å². The van der Waals surface area contributed by atoms with Gasteiger partial charge in [-0.1, -0.05) is 19.1 Å². The summed E-state index contributed by atoms with van der Waals surface area (Å²) in [5.74, 6) is 0.465. The Kier molecular flexibility index (Phi) is 5.60. The first-order valence-electron chi connectivity index (χ1n) is 10.1. The first-order chi connectivity index (χ1) is 14.3. The second kappa shape index (κ2) is 8.18. The average Bonchev–Trinajstić information content (AvgIpc) is 3.06. The van der Waals surface area contributed by atoms with Crippen molar-refractivity contribution in [3.8, 4) is 11.4 Å². The summed E-state index contributed by atoms with van der Waals surface area (Å²) in [6, 6.07) is 4.99. The molecular formula is C22H24F3N5. The molecule has 0 fully saturated rings. The van der Waals surface area contributed by atoms with Gasteiger partial charge in [0, 0.05) is 61.7 Å². The minimum Gasteiger partial charge on any atom is -0.294 e. The van der Waals surface area contributed by atoms with Crippen molar-refractivity contribution in [1.29, 1.82) is 0 Å². The number of aromatic nitrogens is 4. The maximum absolute atomic E-state index is 12.8. The van der Waals surface area contributed by atoms with Crippen LogP contribution in [0.1, 0.15) is 41.4 Å². The largest absolute Gasteiger partial charge is 0.416 e. The van der Waals surface area contributed by atoms with Gasteiger partial charge in [-0.2, -0.15) is 18.3 Å². The normalized spacial score (nSPS) is 14.7. The third-order valence-corrected chi connectivity index (χ3v) is 5.38. The number of rotatable bonds is 5. The quantitative estimate of drug-likeness (QED) is 0.609. The van der Waals surface area contributed by atoms with E-state index in [9.17, 15) is 13.2 Å². The van der Waals surface area contributed by atoms with Gasteiger partial charge in [0.25, 0.3) is 0 Å². The lowest BCUT2D eigenvalue weighted by Gasteiger charge is -2.27. The first kappa shape index (κ1) is 20.5. The van der Waals surface area contributed by atoms with E-state index < -0.39 is 11.7 Å². The molecule has 0 bridgehead atoms. The third kappa shape index (κ3) is 4.38. The summed E-state index contributed by atoms with van der Waals surface area (Å²) in [4.78, 5) is 11.4. The van der Waals surface area contributed by atoms with Crippen LogP contribution in [0.15, 0.2) is 36.7 Å². The summed E-state index contributed by atoms with van der Waals surface area (Å²) in [5, 5.41) is 4.57. The Balaban J connectivity index is 1.47. The fourth-order valence-corrected chi connectivity index (χ4v) is 3.76. The Bertz CT molecular complexity index is 1020. The van der Waals surface area contributed by atoms with Gasteiger partial charge in [0.05, 0.1) is 17.0 Å². The molecule has 0 spiro atoms. The summed E-state index contributed by atoms with van der Waals surface area (Å²) in [6.07, 6.45) is 1.42. The van der Waals surface area contributed by atoms with E-state index in [1.54, 1.807) is 6.20 Å². The first-order valence-corrected chi connectivity index (χ1v) is 10.1. The fraction of sp³-hybridized carbons (Fsp3) is 0.409. The second-order valence-corrected chi connectivity index (χ2v) is 7.70. The summed E-state index contributed by atoms with van der Waals surface area (Å²) < 4.78 is 40.3. The van der Waals surface area contributed by atoms with Gasteiger partial charge in [-0.05, 0) is 25.5 Å². The van der Waals surface area contributed by atoms with Gasteiger partial charge in [-0.3, -0.25) is 9.58 Å². The van der Waals surface area contributed by atoms with Gasteiger partial charge >= 0.3 is 6.18 Å². The van der Waals surface area contributed by atoms with Crippen molar-refractivity contribution in [1.82, 2.24) is 24.6 Å². The van der Waals surface area contributed by atoms with Gasteiger partial charge < -0.3 is 0 Å². The smallest absolute Gasteiger partial charge is 0.294 e. The van der Waals surface area contributed by atoms with Gasteiger partial charge in [0.2, 0.25) is 0 Å². The van der Waals surface area contributed by atoms with Gasteiger partial charge in [0.1, 0.15) is 0 Å². The van der Waals surface area contributed by atoms with Crippen molar-refractivity contribution in [3.05, 3.63) is 64.7 Å². The van der Waals surface area contributed by atoms with Crippen molar-refractivity contribution in [2.24, 2.45) is 0 Å². The van der Waals surface area contributed by atoms with Crippen LogP contribution in [0.2, 0.25) is 0 Å². The van der Waals surface area contributed by atoms with E-state index in [1.807, 2.05) is 11.6 Å². The Hall–Kier alpha value is -2.74. The molecule has 30 heavy (non-hydrogen) atoms. The average molecular weight is 415 g/mol. The molecule has 1 aliphatic heterocycles. The number of hydrogen-bond donors (Lipinski definition) is 0. The van der Waals surface area contributed by atoms with Crippen LogP contribution in [0.5, 0.6) is 0 Å². The van der Waals surface area contributed by atoms with Crippen LogP contribution in [0.3, 0.4) is 0 Å². The Morgan fingerprint density at radius 3 is 2.60 bits per heavy atom. The molecule has 2 aromatic heterocycles. The number of alkyl halides is 3. The van der Waals surface area contributed by atoms with E-state index >= 15 is 0 Å². The van der Waals surface area contributed by atoms with Gasteiger partial charge in [0.15, 0.2) is 5.82 Å². The Morgan fingerprint density at radius 2 is 1.90 bits per heavy atom. The third-order valence-electron chi connectivity index (χ3n) is 5.38. The zero-order valence-corrected chi connectivity index (χ0v) is 17.1. The van der Waals surface area contributed by atoms with E-state index in [0.29, 0.717) is 11.4 Å². The summed E-state index contributed by atoms with van der Waals surface area (Å²) in [6.45, 7) is 7.55. The highest BCUT2D eigenvalue weighted by Gasteiger charge is 2.30. The van der Waals surface area contributed by atoms with Crippen molar-refractivity contribution in [2.75, 3.05) is 6.54 Å². The molecule has 158 valence electrons. The van der Waals surface area contributed by atoms with E-state index in [1.165, 1.54) is 17.7 Å². The van der Waals surface area contributed by atoms with Crippen LogP contribution >= 0.6 is 0 Å². The lowest BCUT2D eigenvalue weighted by Crippen LogP contribution is -2.31. The van der Waals surface area contributed by atoms with Crippen molar-refractivity contribution in [2.45, 2.75) is 52.5 Å². The molecule has 4 rings (SSSR count). The zero-order chi connectivity index (χ0) is 21.3. The molecule has 0 amide bonds. The lowest BCUT2D eigenvalue weighted by molar-refractivity contribution is -0.137. The molecule has 0 aliphatic carbocycles. The van der Waals surface area contributed by atoms with E-state index in [0.717, 1.165) is 68.1 Å². The number of halogens is 3. The van der Waals surface area contributed by atoms with Gasteiger partial charge in [-0.25, -0.2) is 9.97 Å². The molecule has 0 radical (unpaired) electrons. The molecule has 0 saturated carbocycles. The Morgan fingerprint density at radius 1 is 1.13 bits per heavy atom. The monoisotopic (exact) mass is 415 g/mol. The zero-order valence-electron chi connectivity index (χ0n) is 17.1. The number of nitrogens with zero attached hydrogens (tertiary/aromatic N) is 5. The Labute approximate surface area is 173 Å². The molecule has 1 aromatic carbocycles. The standard InChI is InChI=1S/C22H24F3N5/c1-3-9-30-14-18(15(2)28-30)13-29-10-8-20-17(12-29)11-26-21(27-20)16-4-6-19(7-5-16)22(23,24)25/h4-7,11,14H,3,8-10,12-13H2,1-2H3. The van der Waals surface area contributed by atoms with E-state index in [-0.39, 0.29) is 0 Å². The fourth-order valence-electron chi connectivity index (χ4n) is 3.76. The molecule has 0 saturated heterocycles. The predicted octanol–water partition coefficient (Wildman–Crippen LogP) is 4.64. The van der Waals surface area contributed by atoms with Crippen LogP contribution in [0, 0.1) is 6.92 Å². The molecule has 8 heteroatoms. The maximum atomic E-state index is 12.8. The van der Waals surface area contributed by atoms with Crippen molar-refractivity contribution >= 4 is 0 Å². The SMILES string of the molecule is CCCn1cc(CN2CCc3nc(-c4ccc(C(F)(F)F)cc4)ncc3C2)c(C)n1. The van der Waals surface area contributed by atoms with Crippen molar-refractivity contribution in [3.63, 3.8) is 0 Å². The molecule has 0 N–H and O–H groups in total. The number of fused-ring (bicyclic) bond motifs is 1. The van der Waals surface area contributed by atoms with Crippen LogP contribution in [-0.2, 0) is 32.2 Å².